The monoisotopic (exact) mass is 808 g/mol. The molecule has 1 aromatic carbocycles. The Balaban J connectivity index is 2.02. The van der Waals surface area contributed by atoms with E-state index in [1.165, 1.54) is 37.7 Å². The number of aliphatic hydroxyl groups is 1. The Bertz CT molecular complexity index is 1710. The lowest BCUT2D eigenvalue weighted by Gasteiger charge is -2.33. The molecule has 320 valence electrons. The summed E-state index contributed by atoms with van der Waals surface area (Å²) in [7, 11) is 2.88. The van der Waals surface area contributed by atoms with Gasteiger partial charge < -0.3 is 40.9 Å². The van der Waals surface area contributed by atoms with E-state index in [0.29, 0.717) is 24.8 Å². The molecule has 3 rings (SSSR count). The van der Waals surface area contributed by atoms with Crippen LogP contribution in [0.5, 0.6) is 0 Å². The fraction of sp³-hybridized carbons (Fsp3) is 0.605. The molecule has 1 unspecified atom stereocenters. The number of hydrogen-bond donors (Lipinski definition) is 5. The highest BCUT2D eigenvalue weighted by Crippen LogP contribution is 2.33. The van der Waals surface area contributed by atoms with Crippen molar-refractivity contribution in [3.63, 3.8) is 0 Å². The van der Waals surface area contributed by atoms with Crippen molar-refractivity contribution in [2.45, 2.75) is 130 Å². The topological polar surface area (TPSA) is 204 Å². The first-order chi connectivity index (χ1) is 27.3. The van der Waals surface area contributed by atoms with Crippen LogP contribution in [0.1, 0.15) is 86.6 Å². The van der Waals surface area contributed by atoms with Gasteiger partial charge in [0, 0.05) is 32.0 Å². The van der Waals surface area contributed by atoms with Gasteiger partial charge in [-0.15, -0.1) is 0 Å². The smallest absolute Gasteiger partial charge is 0.328 e. The summed E-state index contributed by atoms with van der Waals surface area (Å²) in [5, 5.41) is 22.1. The number of benzene rings is 1. The third kappa shape index (κ3) is 13.0. The molecule has 0 aromatic heterocycles. The van der Waals surface area contributed by atoms with Gasteiger partial charge >= 0.3 is 5.97 Å². The van der Waals surface area contributed by atoms with Crippen LogP contribution in [-0.4, -0.2) is 119 Å². The van der Waals surface area contributed by atoms with E-state index in [1.54, 1.807) is 58.9 Å². The average molecular weight is 809 g/mol. The Labute approximate surface area is 342 Å². The molecule has 1 heterocycles. The van der Waals surface area contributed by atoms with Crippen molar-refractivity contribution in [2.75, 3.05) is 20.6 Å². The Morgan fingerprint density at radius 3 is 2.12 bits per heavy atom. The second kappa shape index (κ2) is 21.6. The highest BCUT2D eigenvalue weighted by atomic mass is 16.5. The van der Waals surface area contributed by atoms with Gasteiger partial charge in [0.1, 0.15) is 36.3 Å². The van der Waals surface area contributed by atoms with E-state index in [9.17, 15) is 38.7 Å². The van der Waals surface area contributed by atoms with Crippen molar-refractivity contribution in [1.29, 1.82) is 0 Å². The Morgan fingerprint density at radius 2 is 1.53 bits per heavy atom. The molecule has 1 fully saturated rings. The number of cyclic esters (lactones) is 1. The highest BCUT2D eigenvalue weighted by molar-refractivity contribution is 5.98. The molecule has 5 N–H and O–H groups in total. The SMILES string of the molecule is C/C=C(\C)[C@H]1OC(=O)[C@@H](C)NC(=O)[C@H](C(C)CC)NC(=O)CN(C)C(=O)[C@@H](Cc2ccccc2)N(C)C(=O)[C@H](C)NC(=O)[C@@H](C2CC2)NC(=O)/C(C)=C/C[C@H](O)[C@@H]1C. The van der Waals surface area contributed by atoms with Crippen LogP contribution in [0.2, 0.25) is 0 Å². The van der Waals surface area contributed by atoms with E-state index in [4.69, 9.17) is 4.74 Å². The number of carbonyl (C=O) groups is 7. The van der Waals surface area contributed by atoms with Gasteiger partial charge in [-0.05, 0) is 76.9 Å². The maximum atomic E-state index is 14.1. The molecule has 6 amide bonds. The molecule has 1 aliphatic carbocycles. The summed E-state index contributed by atoms with van der Waals surface area (Å²) in [5.41, 5.74) is 1.68. The van der Waals surface area contributed by atoms with E-state index in [-0.39, 0.29) is 30.3 Å². The number of carbonyl (C=O) groups excluding carboxylic acids is 7. The molecule has 9 atom stereocenters. The Hall–Kier alpha value is -5.05. The minimum atomic E-state index is -1.13. The summed E-state index contributed by atoms with van der Waals surface area (Å²) >= 11 is 0. The number of amides is 6. The van der Waals surface area contributed by atoms with Gasteiger partial charge in [0.05, 0.1) is 12.6 Å². The van der Waals surface area contributed by atoms with Crippen LogP contribution in [0.3, 0.4) is 0 Å². The maximum Gasteiger partial charge on any atom is 0.328 e. The van der Waals surface area contributed by atoms with Crippen LogP contribution < -0.4 is 21.3 Å². The summed E-state index contributed by atoms with van der Waals surface area (Å²) in [4.78, 5) is 98.0. The highest BCUT2D eigenvalue weighted by Gasteiger charge is 2.40. The zero-order valence-electron chi connectivity index (χ0n) is 35.7. The molecule has 2 aliphatic rings. The van der Waals surface area contributed by atoms with E-state index < -0.39 is 96.3 Å². The van der Waals surface area contributed by atoms with Gasteiger partial charge in [0.15, 0.2) is 0 Å². The summed E-state index contributed by atoms with van der Waals surface area (Å²) in [5.74, 6) is -5.31. The summed E-state index contributed by atoms with van der Waals surface area (Å²) < 4.78 is 5.87. The van der Waals surface area contributed by atoms with Crippen LogP contribution in [0.25, 0.3) is 0 Å². The normalized spacial score (nSPS) is 30.3. The minimum absolute atomic E-state index is 0.0320. The van der Waals surface area contributed by atoms with Crippen molar-refractivity contribution in [1.82, 2.24) is 31.1 Å². The molecule has 1 aromatic rings. The second-order valence-corrected chi connectivity index (χ2v) is 16.0. The largest absolute Gasteiger partial charge is 0.456 e. The Kier molecular flexibility index (Phi) is 17.7. The number of nitrogens with one attached hydrogen (secondary N) is 4. The van der Waals surface area contributed by atoms with Crippen molar-refractivity contribution >= 4 is 41.4 Å². The molecule has 0 spiro atoms. The van der Waals surface area contributed by atoms with Gasteiger partial charge in [-0.3, -0.25) is 28.8 Å². The number of rotatable bonds is 6. The molecular formula is C43H64N6O9. The maximum absolute atomic E-state index is 14.1. The first kappa shape index (κ1) is 47.3. The third-order valence-corrected chi connectivity index (χ3v) is 11.3. The van der Waals surface area contributed by atoms with E-state index in [0.717, 1.165) is 5.56 Å². The number of allylic oxidation sites excluding steroid dienone is 1. The number of esters is 1. The molecule has 1 saturated carbocycles. The lowest BCUT2D eigenvalue weighted by Crippen LogP contribution is -2.58. The summed E-state index contributed by atoms with van der Waals surface area (Å²) in [6.45, 7) is 13.0. The van der Waals surface area contributed by atoms with Crippen LogP contribution >= 0.6 is 0 Å². The number of ether oxygens (including phenoxy) is 1. The lowest BCUT2D eigenvalue weighted by molar-refractivity contribution is -0.155. The number of aliphatic hydroxyl groups excluding tert-OH is 1. The first-order valence-corrected chi connectivity index (χ1v) is 20.3. The lowest BCUT2D eigenvalue weighted by atomic mass is 9.90. The molecule has 0 saturated heterocycles. The molecule has 0 bridgehead atoms. The van der Waals surface area contributed by atoms with E-state index in [1.807, 2.05) is 25.1 Å². The number of likely N-dealkylation sites (N-methyl/N-ethyl adjacent to an activating group) is 2. The molecule has 0 radical (unpaired) electrons. The summed E-state index contributed by atoms with van der Waals surface area (Å²) in [6.07, 6.45) is 3.44. The molecule has 15 heteroatoms. The van der Waals surface area contributed by atoms with Crippen LogP contribution in [-0.2, 0) is 44.7 Å². The number of hydrogen-bond acceptors (Lipinski definition) is 9. The zero-order valence-corrected chi connectivity index (χ0v) is 35.7. The van der Waals surface area contributed by atoms with E-state index >= 15 is 0 Å². The molecule has 1 aliphatic heterocycles. The minimum Gasteiger partial charge on any atom is -0.456 e. The zero-order chi connectivity index (χ0) is 43.4. The first-order valence-electron chi connectivity index (χ1n) is 20.3. The van der Waals surface area contributed by atoms with Crippen LogP contribution in [0.4, 0.5) is 0 Å². The number of nitrogens with zero attached hydrogens (tertiary/aromatic N) is 2. The summed E-state index contributed by atoms with van der Waals surface area (Å²) in [6, 6.07) is 3.78. The van der Waals surface area contributed by atoms with Crippen LogP contribution in [0.15, 0.2) is 53.6 Å². The quantitative estimate of drug-likeness (QED) is 0.211. The molecular weight excluding hydrogens is 745 g/mol. The molecule has 58 heavy (non-hydrogen) atoms. The van der Waals surface area contributed by atoms with E-state index in [2.05, 4.69) is 21.3 Å². The van der Waals surface area contributed by atoms with Gasteiger partial charge in [0.25, 0.3) is 0 Å². The van der Waals surface area contributed by atoms with Crippen molar-refractivity contribution in [2.24, 2.45) is 17.8 Å². The van der Waals surface area contributed by atoms with Crippen molar-refractivity contribution < 1.29 is 43.4 Å². The van der Waals surface area contributed by atoms with Crippen molar-refractivity contribution in [3.05, 3.63) is 59.2 Å². The standard InChI is InChI=1S/C43H64N6O9/c1-11-24(3)35-39(53)45-29(8)43(57)58-37(25(4)12-2)27(6)33(50)21-18-26(5)38(52)47-36(31-19-20-31)40(54)44-28(7)41(55)49(10)32(22-30-16-14-13-15-17-30)42(56)48(9)23-34(51)46-35/h12-18,24,27-29,31-33,35-37,50H,11,19-23H2,1-10H3,(H,44,54)(H,45,53)(H,46,51)(H,47,52)/b25-12+,26-18+/t24?,27-,28-,29+,32+,33-,35-,36+,37+/m0/s1. The third-order valence-electron chi connectivity index (χ3n) is 11.3. The predicted molar refractivity (Wildman–Crippen MR) is 218 cm³/mol. The average Bonchev–Trinajstić information content (AvgIpc) is 4.05. The van der Waals surface area contributed by atoms with Crippen molar-refractivity contribution in [3.8, 4) is 0 Å². The van der Waals surface area contributed by atoms with Gasteiger partial charge in [-0.1, -0.05) is 69.7 Å². The Morgan fingerprint density at radius 1 is 0.914 bits per heavy atom. The molecule has 15 nitrogen and oxygen atoms in total. The van der Waals surface area contributed by atoms with Gasteiger partial charge in [-0.25, -0.2) is 4.79 Å². The fourth-order valence-corrected chi connectivity index (χ4v) is 6.78. The predicted octanol–water partition coefficient (Wildman–Crippen LogP) is 2.17. The van der Waals surface area contributed by atoms with Gasteiger partial charge in [-0.2, -0.15) is 0 Å². The van der Waals surface area contributed by atoms with Crippen LogP contribution in [0, 0.1) is 17.8 Å². The fourth-order valence-electron chi connectivity index (χ4n) is 6.78. The van der Waals surface area contributed by atoms with Gasteiger partial charge in [0.2, 0.25) is 35.4 Å². The second-order valence-electron chi connectivity index (χ2n) is 16.0.